The number of ether oxygens (including phenoxy) is 1. The van der Waals surface area contributed by atoms with Gasteiger partial charge in [0.1, 0.15) is 0 Å². The lowest BCUT2D eigenvalue weighted by Crippen LogP contribution is -2.73. The van der Waals surface area contributed by atoms with Gasteiger partial charge in [-0.3, -0.25) is 0 Å². The summed E-state index contributed by atoms with van der Waals surface area (Å²) in [6.07, 6.45) is 1.12. The Labute approximate surface area is 113 Å². The van der Waals surface area contributed by atoms with Crippen LogP contribution < -0.4 is 5.32 Å². The molecule has 0 spiro atoms. The van der Waals surface area contributed by atoms with Gasteiger partial charge in [0.25, 0.3) is 0 Å². The Morgan fingerprint density at radius 2 is 2.33 bits per heavy atom. The van der Waals surface area contributed by atoms with Gasteiger partial charge in [0.15, 0.2) is 0 Å². The van der Waals surface area contributed by atoms with Gasteiger partial charge in [-0.15, -0.1) is 0 Å². The largest absolute Gasteiger partial charge is 0.394 e. The summed E-state index contributed by atoms with van der Waals surface area (Å²) in [7, 11) is 0. The number of rotatable bonds is 6. The lowest BCUT2D eigenvalue weighted by molar-refractivity contribution is -0.177. The maximum Gasteiger partial charge on any atom is 0.0663 e. The standard InChI is InChI=1S/C14H23NO2S/c1-4-17-12-7-14(10-16,13(12,2)3)15-8-11-5-6-18-9-11/h5-6,9,12,15-16H,4,7-8,10H2,1-3H3/t12-,14-/m1/s1. The molecule has 0 aliphatic heterocycles. The molecular weight excluding hydrogens is 246 g/mol. The van der Waals surface area contributed by atoms with Crippen molar-refractivity contribution < 1.29 is 9.84 Å². The minimum absolute atomic E-state index is 0.0339. The molecule has 0 saturated heterocycles. The van der Waals surface area contributed by atoms with Crippen LogP contribution in [0.2, 0.25) is 0 Å². The summed E-state index contributed by atoms with van der Waals surface area (Å²) < 4.78 is 5.74. The molecule has 1 saturated carbocycles. The number of hydrogen-bond donors (Lipinski definition) is 2. The molecule has 0 radical (unpaired) electrons. The number of aliphatic hydroxyl groups is 1. The molecule has 0 unspecified atom stereocenters. The molecule has 1 aromatic rings. The van der Waals surface area contributed by atoms with E-state index in [0.717, 1.165) is 19.6 Å². The molecule has 1 aromatic heterocycles. The maximum absolute atomic E-state index is 9.77. The minimum atomic E-state index is -0.214. The van der Waals surface area contributed by atoms with Crippen LogP contribution in [0.4, 0.5) is 0 Å². The van der Waals surface area contributed by atoms with Gasteiger partial charge in [-0.05, 0) is 35.7 Å². The molecule has 0 bridgehead atoms. The summed E-state index contributed by atoms with van der Waals surface area (Å²) in [6, 6.07) is 2.12. The van der Waals surface area contributed by atoms with Crippen LogP contribution in [0.1, 0.15) is 32.8 Å². The third-order valence-electron chi connectivity index (χ3n) is 4.42. The average molecular weight is 269 g/mol. The summed E-state index contributed by atoms with van der Waals surface area (Å²) in [4.78, 5) is 0. The summed E-state index contributed by atoms with van der Waals surface area (Å²) >= 11 is 1.70. The summed E-state index contributed by atoms with van der Waals surface area (Å²) in [5.74, 6) is 0. The van der Waals surface area contributed by atoms with Crippen molar-refractivity contribution >= 4 is 11.3 Å². The van der Waals surface area contributed by atoms with Crippen molar-refractivity contribution in [2.24, 2.45) is 5.41 Å². The smallest absolute Gasteiger partial charge is 0.0663 e. The van der Waals surface area contributed by atoms with E-state index in [9.17, 15) is 5.11 Å². The van der Waals surface area contributed by atoms with Gasteiger partial charge >= 0.3 is 0 Å². The normalized spacial score (nSPS) is 30.1. The van der Waals surface area contributed by atoms with E-state index in [0.29, 0.717) is 0 Å². The van der Waals surface area contributed by atoms with Gasteiger partial charge in [0.2, 0.25) is 0 Å². The van der Waals surface area contributed by atoms with Crippen molar-refractivity contribution in [3.05, 3.63) is 22.4 Å². The molecule has 1 heterocycles. The Morgan fingerprint density at radius 3 is 2.83 bits per heavy atom. The molecule has 0 amide bonds. The van der Waals surface area contributed by atoms with Crippen molar-refractivity contribution in [2.75, 3.05) is 13.2 Å². The molecule has 102 valence electrons. The monoisotopic (exact) mass is 269 g/mol. The van der Waals surface area contributed by atoms with Crippen LogP contribution >= 0.6 is 11.3 Å². The van der Waals surface area contributed by atoms with Crippen LogP contribution in [-0.2, 0) is 11.3 Å². The highest BCUT2D eigenvalue weighted by Gasteiger charge is 2.60. The van der Waals surface area contributed by atoms with Crippen molar-refractivity contribution in [3.8, 4) is 0 Å². The fourth-order valence-corrected chi connectivity index (χ4v) is 3.44. The number of hydrogen-bond acceptors (Lipinski definition) is 4. The zero-order chi connectivity index (χ0) is 13.2. The third-order valence-corrected chi connectivity index (χ3v) is 5.15. The van der Waals surface area contributed by atoms with Crippen LogP contribution in [0, 0.1) is 5.41 Å². The Hall–Kier alpha value is -0.420. The van der Waals surface area contributed by atoms with Gasteiger partial charge in [-0.25, -0.2) is 0 Å². The molecule has 0 aromatic carbocycles. The van der Waals surface area contributed by atoms with E-state index in [1.807, 2.05) is 6.92 Å². The summed E-state index contributed by atoms with van der Waals surface area (Å²) in [5, 5.41) is 17.5. The van der Waals surface area contributed by atoms with Crippen molar-refractivity contribution in [2.45, 2.75) is 45.4 Å². The SMILES string of the molecule is CCO[C@@H]1C[C@](CO)(NCc2ccsc2)C1(C)C. The van der Waals surface area contributed by atoms with E-state index < -0.39 is 0 Å². The predicted molar refractivity (Wildman–Crippen MR) is 74.8 cm³/mol. The molecule has 2 rings (SSSR count). The summed E-state index contributed by atoms with van der Waals surface area (Å²) in [6.45, 7) is 8.08. The topological polar surface area (TPSA) is 41.5 Å². The van der Waals surface area contributed by atoms with E-state index in [4.69, 9.17) is 4.74 Å². The number of thiophene rings is 1. The van der Waals surface area contributed by atoms with Crippen molar-refractivity contribution in [1.29, 1.82) is 0 Å². The van der Waals surface area contributed by atoms with Crippen molar-refractivity contribution in [1.82, 2.24) is 5.32 Å². The van der Waals surface area contributed by atoms with Gasteiger partial charge in [0, 0.05) is 18.6 Å². The zero-order valence-electron chi connectivity index (χ0n) is 11.4. The van der Waals surface area contributed by atoms with Crippen LogP contribution in [0.3, 0.4) is 0 Å². The molecule has 18 heavy (non-hydrogen) atoms. The van der Waals surface area contributed by atoms with E-state index in [1.165, 1.54) is 5.56 Å². The fraction of sp³-hybridized carbons (Fsp3) is 0.714. The molecule has 2 N–H and O–H groups in total. The van der Waals surface area contributed by atoms with Crippen LogP contribution in [-0.4, -0.2) is 30.0 Å². The highest BCUT2D eigenvalue weighted by atomic mass is 32.1. The van der Waals surface area contributed by atoms with Crippen LogP contribution in [0.15, 0.2) is 16.8 Å². The molecule has 1 aliphatic rings. The maximum atomic E-state index is 9.77. The van der Waals surface area contributed by atoms with Gasteiger partial charge in [0.05, 0.1) is 18.2 Å². The second kappa shape index (κ2) is 5.29. The molecule has 3 nitrogen and oxygen atoms in total. The van der Waals surface area contributed by atoms with Crippen LogP contribution in [0.25, 0.3) is 0 Å². The Balaban J connectivity index is 2.00. The average Bonchev–Trinajstić information content (AvgIpc) is 2.86. The first kappa shape index (κ1) is 14.0. The number of aliphatic hydroxyl groups excluding tert-OH is 1. The highest BCUT2D eigenvalue weighted by Crippen LogP contribution is 2.51. The van der Waals surface area contributed by atoms with Gasteiger partial charge < -0.3 is 15.2 Å². The van der Waals surface area contributed by atoms with E-state index in [2.05, 4.69) is 36.0 Å². The third kappa shape index (κ3) is 2.23. The Bertz CT molecular complexity index is 377. The van der Waals surface area contributed by atoms with Gasteiger partial charge in [-0.2, -0.15) is 11.3 Å². The second-order valence-electron chi connectivity index (χ2n) is 5.60. The van der Waals surface area contributed by atoms with E-state index >= 15 is 0 Å². The lowest BCUT2D eigenvalue weighted by Gasteiger charge is -2.60. The fourth-order valence-electron chi connectivity index (χ4n) is 2.77. The Kier molecular flexibility index (Phi) is 4.11. The quantitative estimate of drug-likeness (QED) is 0.833. The number of nitrogens with one attached hydrogen (secondary N) is 1. The first-order valence-corrected chi connectivity index (χ1v) is 7.48. The zero-order valence-corrected chi connectivity index (χ0v) is 12.2. The van der Waals surface area contributed by atoms with E-state index in [-0.39, 0.29) is 23.7 Å². The highest BCUT2D eigenvalue weighted by molar-refractivity contribution is 7.07. The lowest BCUT2D eigenvalue weighted by atomic mass is 9.54. The molecule has 1 fully saturated rings. The minimum Gasteiger partial charge on any atom is -0.394 e. The first-order valence-electron chi connectivity index (χ1n) is 6.54. The summed E-state index contributed by atoms with van der Waals surface area (Å²) in [5.41, 5.74) is 1.03. The predicted octanol–water partition coefficient (Wildman–Crippen LogP) is 2.40. The molecule has 1 aliphatic carbocycles. The van der Waals surface area contributed by atoms with Crippen molar-refractivity contribution in [3.63, 3.8) is 0 Å². The molecule has 4 heteroatoms. The molecular formula is C14H23NO2S. The van der Waals surface area contributed by atoms with Gasteiger partial charge in [-0.1, -0.05) is 13.8 Å². The van der Waals surface area contributed by atoms with E-state index in [1.54, 1.807) is 11.3 Å². The molecule has 2 atom stereocenters. The first-order chi connectivity index (χ1) is 8.55. The Morgan fingerprint density at radius 1 is 1.56 bits per heavy atom. The van der Waals surface area contributed by atoms with Crippen LogP contribution in [0.5, 0.6) is 0 Å². The second-order valence-corrected chi connectivity index (χ2v) is 6.38.